The van der Waals surface area contributed by atoms with Crippen LogP contribution in [0.5, 0.6) is 11.6 Å². The number of rotatable bonds is 6. The number of aromatic amines is 1. The first-order chi connectivity index (χ1) is 16.1. The van der Waals surface area contributed by atoms with E-state index in [-0.39, 0.29) is 29.6 Å². The molecule has 8 nitrogen and oxygen atoms in total. The Hall–Kier alpha value is -4.15. The molecular weight excluding hydrogens is 449 g/mol. The predicted octanol–water partition coefficient (Wildman–Crippen LogP) is 4.56. The number of aryl methyl sites for hydroxylation is 3. The van der Waals surface area contributed by atoms with E-state index in [1.54, 1.807) is 30.1 Å². The summed E-state index contributed by atoms with van der Waals surface area (Å²) in [5.41, 5.74) is 2.97. The molecule has 11 heteroatoms. The number of ether oxygens (including phenoxy) is 1. The van der Waals surface area contributed by atoms with Gasteiger partial charge in [0.2, 0.25) is 5.88 Å². The molecule has 0 atom stereocenters. The molecule has 3 aromatic heterocycles. The fourth-order valence-electron chi connectivity index (χ4n) is 3.33. The van der Waals surface area contributed by atoms with E-state index >= 15 is 0 Å². The van der Waals surface area contributed by atoms with E-state index in [2.05, 4.69) is 25.6 Å². The van der Waals surface area contributed by atoms with E-state index in [0.717, 1.165) is 29.1 Å². The van der Waals surface area contributed by atoms with Crippen molar-refractivity contribution in [2.45, 2.75) is 26.6 Å². The molecular formula is C23H21F3N6O2. The second-order valence-corrected chi connectivity index (χ2v) is 7.67. The minimum atomic E-state index is -4.45. The van der Waals surface area contributed by atoms with E-state index in [0.29, 0.717) is 11.3 Å². The molecule has 0 aliphatic carbocycles. The zero-order chi connectivity index (χ0) is 24.5. The highest BCUT2D eigenvalue weighted by molar-refractivity contribution is 5.95. The highest BCUT2D eigenvalue weighted by atomic mass is 19.4. The first-order valence-electron chi connectivity index (χ1n) is 10.3. The first kappa shape index (κ1) is 23.0. The number of carbonyl (C=O) groups excluding carboxylic acids is 1. The molecule has 1 amide bonds. The molecule has 0 bridgehead atoms. The number of pyridine rings is 1. The maximum Gasteiger partial charge on any atom is 0.416 e. The molecule has 0 aliphatic heterocycles. The Morgan fingerprint density at radius 3 is 2.50 bits per heavy atom. The smallest absolute Gasteiger partial charge is 0.416 e. The Balaban J connectivity index is 1.60. The minimum absolute atomic E-state index is 0.108. The Kier molecular flexibility index (Phi) is 6.10. The van der Waals surface area contributed by atoms with Crippen molar-refractivity contribution in [2.75, 3.05) is 0 Å². The van der Waals surface area contributed by atoms with Gasteiger partial charge in [0, 0.05) is 37.2 Å². The van der Waals surface area contributed by atoms with Gasteiger partial charge >= 0.3 is 6.18 Å². The number of amides is 1. The summed E-state index contributed by atoms with van der Waals surface area (Å²) < 4.78 is 45.9. The zero-order valence-corrected chi connectivity index (χ0v) is 18.6. The third-order valence-corrected chi connectivity index (χ3v) is 5.21. The third kappa shape index (κ3) is 4.92. The molecule has 2 N–H and O–H groups in total. The highest BCUT2D eigenvalue weighted by Crippen LogP contribution is 2.34. The van der Waals surface area contributed by atoms with E-state index in [1.165, 1.54) is 18.3 Å². The van der Waals surface area contributed by atoms with Gasteiger partial charge in [-0.2, -0.15) is 23.4 Å². The van der Waals surface area contributed by atoms with Crippen LogP contribution in [0.25, 0.3) is 11.3 Å². The molecule has 4 aromatic rings. The normalized spacial score (nSPS) is 11.5. The van der Waals surface area contributed by atoms with Crippen molar-refractivity contribution in [3.05, 3.63) is 76.9 Å². The van der Waals surface area contributed by atoms with Crippen molar-refractivity contribution < 1.29 is 22.7 Å². The van der Waals surface area contributed by atoms with Crippen LogP contribution in [0.4, 0.5) is 13.2 Å². The molecule has 0 unspecified atom stereocenters. The number of carbonyl (C=O) groups is 1. The third-order valence-electron chi connectivity index (χ3n) is 5.21. The van der Waals surface area contributed by atoms with Crippen LogP contribution >= 0.6 is 0 Å². The number of nitrogens with zero attached hydrogens (tertiary/aromatic N) is 4. The van der Waals surface area contributed by atoms with Crippen molar-refractivity contribution in [1.82, 2.24) is 30.3 Å². The van der Waals surface area contributed by atoms with Gasteiger partial charge in [0.1, 0.15) is 5.75 Å². The summed E-state index contributed by atoms with van der Waals surface area (Å²) in [7, 11) is 1.74. The maximum atomic E-state index is 12.8. The van der Waals surface area contributed by atoms with Gasteiger partial charge in [0.25, 0.3) is 5.91 Å². The molecule has 1 aromatic carbocycles. The van der Waals surface area contributed by atoms with Crippen molar-refractivity contribution in [3.63, 3.8) is 0 Å². The van der Waals surface area contributed by atoms with Gasteiger partial charge in [-0.25, -0.2) is 4.98 Å². The summed E-state index contributed by atoms with van der Waals surface area (Å²) in [5, 5.41) is 14.2. The summed E-state index contributed by atoms with van der Waals surface area (Å²) >= 11 is 0. The second-order valence-electron chi connectivity index (χ2n) is 7.67. The quantitative estimate of drug-likeness (QED) is 0.431. The lowest BCUT2D eigenvalue weighted by Gasteiger charge is -2.12. The average molecular weight is 470 g/mol. The number of hydrogen-bond acceptors (Lipinski definition) is 5. The number of halogens is 3. The van der Waals surface area contributed by atoms with Crippen molar-refractivity contribution in [2.24, 2.45) is 7.05 Å². The van der Waals surface area contributed by atoms with E-state index in [4.69, 9.17) is 4.74 Å². The summed E-state index contributed by atoms with van der Waals surface area (Å²) in [6, 6.07) is 7.58. The summed E-state index contributed by atoms with van der Waals surface area (Å²) in [5.74, 6) is -0.0805. The number of benzene rings is 1. The number of alkyl halides is 3. The molecule has 0 spiro atoms. The van der Waals surface area contributed by atoms with Gasteiger partial charge in [0.15, 0.2) is 0 Å². The van der Waals surface area contributed by atoms with Gasteiger partial charge in [-0.15, -0.1) is 0 Å². The van der Waals surface area contributed by atoms with E-state index in [9.17, 15) is 18.0 Å². The molecule has 0 radical (unpaired) electrons. The van der Waals surface area contributed by atoms with Crippen LogP contribution in [-0.2, 0) is 19.8 Å². The molecule has 3 heterocycles. The summed E-state index contributed by atoms with van der Waals surface area (Å²) in [4.78, 5) is 17.1. The fourth-order valence-corrected chi connectivity index (χ4v) is 3.33. The lowest BCUT2D eigenvalue weighted by molar-refractivity contribution is -0.137. The van der Waals surface area contributed by atoms with Crippen molar-refractivity contribution >= 4 is 5.91 Å². The average Bonchev–Trinajstić information content (AvgIpc) is 3.37. The number of aromatic nitrogens is 5. The number of hydrogen-bond donors (Lipinski definition) is 2. The highest BCUT2D eigenvalue weighted by Gasteiger charge is 2.30. The van der Waals surface area contributed by atoms with Crippen molar-refractivity contribution in [1.29, 1.82) is 0 Å². The SMILES string of the molecule is Cc1n[nH]c(C)c1CNC(=O)c1cnc(Oc2ccc(C(F)(F)F)cc2)c(-c2ccn(C)n2)c1. The van der Waals surface area contributed by atoms with Crippen LogP contribution in [0.15, 0.2) is 48.8 Å². The minimum Gasteiger partial charge on any atom is -0.438 e. The molecule has 34 heavy (non-hydrogen) atoms. The van der Waals surface area contributed by atoms with Gasteiger partial charge in [-0.1, -0.05) is 0 Å². The Morgan fingerprint density at radius 2 is 1.91 bits per heavy atom. The van der Waals surface area contributed by atoms with Crippen LogP contribution < -0.4 is 10.1 Å². The lowest BCUT2D eigenvalue weighted by atomic mass is 10.1. The molecule has 0 aliphatic rings. The molecule has 0 fully saturated rings. The second kappa shape index (κ2) is 9.00. The largest absolute Gasteiger partial charge is 0.438 e. The van der Waals surface area contributed by atoms with Crippen LogP contribution in [0.2, 0.25) is 0 Å². The molecule has 0 saturated carbocycles. The predicted molar refractivity (Wildman–Crippen MR) is 117 cm³/mol. The fraction of sp³-hybridized carbons (Fsp3) is 0.217. The van der Waals surface area contributed by atoms with Gasteiger partial charge in [-0.3, -0.25) is 14.6 Å². The van der Waals surface area contributed by atoms with E-state index in [1.807, 2.05) is 13.8 Å². The molecule has 0 saturated heterocycles. The Labute approximate surface area is 192 Å². The van der Waals surface area contributed by atoms with E-state index < -0.39 is 11.7 Å². The Morgan fingerprint density at radius 1 is 1.18 bits per heavy atom. The van der Waals surface area contributed by atoms with Crippen LogP contribution in [0.3, 0.4) is 0 Å². The monoisotopic (exact) mass is 470 g/mol. The summed E-state index contributed by atoms with van der Waals surface area (Å²) in [6.07, 6.45) is -1.39. The number of nitrogens with one attached hydrogen (secondary N) is 2. The van der Waals surface area contributed by atoms with Crippen LogP contribution in [0, 0.1) is 13.8 Å². The van der Waals surface area contributed by atoms with Gasteiger partial charge in [0.05, 0.1) is 28.1 Å². The van der Waals surface area contributed by atoms with Crippen molar-refractivity contribution in [3.8, 4) is 22.9 Å². The standard InChI is InChI=1S/C23H21F3N6O2/c1-13-19(14(2)30-29-13)12-27-21(33)15-10-18(20-8-9-32(3)31-20)22(28-11-15)34-17-6-4-16(5-7-17)23(24,25)26/h4-11H,12H2,1-3H3,(H,27,33)(H,29,30). The topological polar surface area (TPSA) is 97.7 Å². The summed E-state index contributed by atoms with van der Waals surface area (Å²) in [6.45, 7) is 4.00. The Bertz CT molecular complexity index is 1310. The number of H-pyrrole nitrogens is 1. The molecule has 176 valence electrons. The van der Waals surface area contributed by atoms with Crippen LogP contribution in [-0.4, -0.2) is 30.9 Å². The molecule has 4 rings (SSSR count). The zero-order valence-electron chi connectivity index (χ0n) is 18.6. The van der Waals surface area contributed by atoms with Crippen LogP contribution in [0.1, 0.15) is 32.9 Å². The maximum absolute atomic E-state index is 12.8. The van der Waals surface area contributed by atoms with Gasteiger partial charge in [-0.05, 0) is 50.2 Å². The van der Waals surface area contributed by atoms with Gasteiger partial charge < -0.3 is 10.1 Å². The lowest BCUT2D eigenvalue weighted by Crippen LogP contribution is -2.23. The first-order valence-corrected chi connectivity index (χ1v) is 10.3.